The minimum Gasteiger partial charge on any atom is -0.459 e. The van der Waals surface area contributed by atoms with Gasteiger partial charge in [0.25, 0.3) is 0 Å². The number of carbonyl (C=O) groups is 1. The second-order valence-electron chi connectivity index (χ2n) is 11.8. The van der Waals surface area contributed by atoms with Crippen molar-refractivity contribution in [3.8, 4) is 0 Å². The summed E-state index contributed by atoms with van der Waals surface area (Å²) in [6, 6.07) is 0. The Morgan fingerprint density at radius 2 is 1.61 bits per heavy atom. The first-order valence-electron chi connectivity index (χ1n) is 11.5. The van der Waals surface area contributed by atoms with E-state index in [4.69, 9.17) is 4.74 Å². The normalized spacial score (nSPS) is 56.4. The monoisotopic (exact) mass is 442 g/mol. The summed E-state index contributed by atoms with van der Waals surface area (Å²) in [6.07, 6.45) is -2.96. The summed E-state index contributed by atoms with van der Waals surface area (Å²) in [5.41, 5.74) is -6.48. The highest BCUT2D eigenvalue weighted by molar-refractivity contribution is 5.74. The molecule has 1 spiro atoms. The first-order chi connectivity index (χ1) is 14.0. The minimum atomic E-state index is -1.76. The van der Waals surface area contributed by atoms with Crippen molar-refractivity contribution >= 4 is 5.97 Å². The minimum absolute atomic E-state index is 0.0153. The van der Waals surface area contributed by atoms with Crippen LogP contribution >= 0.6 is 0 Å². The molecule has 31 heavy (non-hydrogen) atoms. The van der Waals surface area contributed by atoms with Crippen molar-refractivity contribution < 1.29 is 40.2 Å². The van der Waals surface area contributed by atoms with Gasteiger partial charge >= 0.3 is 5.97 Å². The molecular formula is C23H38O8. The van der Waals surface area contributed by atoms with E-state index in [9.17, 15) is 35.4 Å². The van der Waals surface area contributed by atoms with Crippen LogP contribution in [0, 0.1) is 28.6 Å². The van der Waals surface area contributed by atoms with Crippen molar-refractivity contribution in [2.75, 3.05) is 0 Å². The van der Waals surface area contributed by atoms with E-state index in [2.05, 4.69) is 0 Å². The Labute approximate surface area is 183 Å². The molecule has 6 N–H and O–H groups in total. The largest absolute Gasteiger partial charge is 0.459 e. The fraction of sp³-hybridized carbons (Fsp3) is 0.957. The highest BCUT2D eigenvalue weighted by Gasteiger charge is 2.77. The summed E-state index contributed by atoms with van der Waals surface area (Å²) >= 11 is 0. The summed E-state index contributed by atoms with van der Waals surface area (Å²) in [5, 5.41) is 67.0. The standard InChI is InChI=1S/C23H38O8/c1-11(24)18(27)31-17-12-6-7-13-21(5,29)14-8-15(25)19(2,3)23(14,30)16(26)9-22(13,17)10-20(12,4)28/h11-17,24-26,28-30H,6-10H2,1-5H3/t11-,12-,13+,14+,15+,16-,17-,20-,21-,22+,23+/m1/s1. The summed E-state index contributed by atoms with van der Waals surface area (Å²) in [5.74, 6) is -2.48. The summed E-state index contributed by atoms with van der Waals surface area (Å²) in [7, 11) is 0. The maximum absolute atomic E-state index is 12.4. The SMILES string of the molecule is C[C@@H](O)C(=O)O[C@@H]1[C@H]2CC[C@H]3[C@@](C)(O)[C@@H]4C[C@H](O)C(C)(C)[C@@]4(O)[C@H](O)C[C@@]13C[C@@]2(C)O. The molecule has 4 rings (SSSR count). The second-order valence-corrected chi connectivity index (χ2v) is 11.8. The number of carbonyl (C=O) groups excluding carboxylic acids is 1. The van der Waals surface area contributed by atoms with Crippen LogP contribution in [0.4, 0.5) is 0 Å². The smallest absolute Gasteiger partial charge is 0.334 e. The number of hydrogen-bond donors (Lipinski definition) is 6. The Hall–Kier alpha value is -0.770. The quantitative estimate of drug-likeness (QED) is 0.330. The van der Waals surface area contributed by atoms with E-state index in [1.165, 1.54) is 6.92 Å². The summed E-state index contributed by atoms with van der Waals surface area (Å²) in [4.78, 5) is 12.4. The van der Waals surface area contributed by atoms with Crippen LogP contribution in [0.5, 0.6) is 0 Å². The third-order valence-corrected chi connectivity index (χ3v) is 9.81. The van der Waals surface area contributed by atoms with E-state index >= 15 is 0 Å². The molecule has 11 atom stereocenters. The van der Waals surface area contributed by atoms with Gasteiger partial charge in [-0.3, -0.25) is 0 Å². The average molecular weight is 443 g/mol. The molecule has 0 aromatic rings. The van der Waals surface area contributed by atoms with Crippen LogP contribution in [0.1, 0.15) is 66.7 Å². The van der Waals surface area contributed by atoms with Gasteiger partial charge in [-0.05, 0) is 58.8 Å². The Morgan fingerprint density at radius 3 is 2.19 bits per heavy atom. The van der Waals surface area contributed by atoms with Crippen molar-refractivity contribution in [3.63, 3.8) is 0 Å². The Kier molecular flexibility index (Phi) is 5.01. The number of esters is 1. The van der Waals surface area contributed by atoms with Crippen LogP contribution in [-0.2, 0) is 9.53 Å². The molecule has 4 aliphatic carbocycles. The lowest BCUT2D eigenvalue weighted by Crippen LogP contribution is -2.60. The van der Waals surface area contributed by atoms with Gasteiger partial charge in [0.15, 0.2) is 0 Å². The van der Waals surface area contributed by atoms with Crippen molar-refractivity contribution in [1.29, 1.82) is 0 Å². The molecule has 0 amide bonds. The molecule has 4 aliphatic rings. The Balaban J connectivity index is 1.87. The van der Waals surface area contributed by atoms with Gasteiger partial charge in [0.1, 0.15) is 17.8 Å². The number of fused-ring (bicyclic) bond motifs is 2. The van der Waals surface area contributed by atoms with Crippen molar-refractivity contribution in [2.24, 2.45) is 28.6 Å². The zero-order chi connectivity index (χ0) is 23.4. The average Bonchev–Trinajstić information content (AvgIpc) is 2.87. The summed E-state index contributed by atoms with van der Waals surface area (Å²) in [6.45, 7) is 8.04. The van der Waals surface area contributed by atoms with Gasteiger partial charge in [-0.15, -0.1) is 0 Å². The topological polar surface area (TPSA) is 148 Å². The molecule has 0 aliphatic heterocycles. The fourth-order valence-electron chi connectivity index (χ4n) is 8.19. The van der Waals surface area contributed by atoms with Crippen LogP contribution in [0.2, 0.25) is 0 Å². The van der Waals surface area contributed by atoms with Crippen LogP contribution in [0.25, 0.3) is 0 Å². The first-order valence-corrected chi connectivity index (χ1v) is 11.5. The van der Waals surface area contributed by atoms with E-state index in [0.717, 1.165) is 0 Å². The van der Waals surface area contributed by atoms with Gasteiger partial charge in [0.05, 0.1) is 23.4 Å². The lowest BCUT2D eigenvalue weighted by Gasteiger charge is -2.52. The van der Waals surface area contributed by atoms with Crippen molar-refractivity contribution in [3.05, 3.63) is 0 Å². The van der Waals surface area contributed by atoms with Gasteiger partial charge in [0.2, 0.25) is 0 Å². The molecule has 4 saturated carbocycles. The van der Waals surface area contributed by atoms with E-state index in [-0.39, 0.29) is 19.3 Å². The molecule has 0 heterocycles. The predicted octanol–water partition coefficient (Wildman–Crippen LogP) is 0.1000. The van der Waals surface area contributed by atoms with E-state index < -0.39 is 75.8 Å². The fourth-order valence-corrected chi connectivity index (χ4v) is 8.19. The molecule has 0 unspecified atom stereocenters. The van der Waals surface area contributed by atoms with Gasteiger partial charge in [0, 0.05) is 22.7 Å². The van der Waals surface area contributed by atoms with Crippen LogP contribution in [0.3, 0.4) is 0 Å². The molecule has 8 heteroatoms. The van der Waals surface area contributed by atoms with E-state index in [1.54, 1.807) is 27.7 Å². The van der Waals surface area contributed by atoms with Crippen molar-refractivity contribution in [1.82, 2.24) is 0 Å². The van der Waals surface area contributed by atoms with Crippen LogP contribution in [0.15, 0.2) is 0 Å². The number of rotatable bonds is 2. The van der Waals surface area contributed by atoms with Gasteiger partial charge in [-0.25, -0.2) is 4.79 Å². The number of hydrogen-bond acceptors (Lipinski definition) is 8. The highest BCUT2D eigenvalue weighted by atomic mass is 16.6. The highest BCUT2D eigenvalue weighted by Crippen LogP contribution is 2.70. The third kappa shape index (κ3) is 2.78. The lowest BCUT2D eigenvalue weighted by atomic mass is 9.57. The van der Waals surface area contributed by atoms with Gasteiger partial charge in [-0.1, -0.05) is 13.8 Å². The molecule has 0 saturated heterocycles. The van der Waals surface area contributed by atoms with Crippen LogP contribution in [-0.4, -0.2) is 77.8 Å². The van der Waals surface area contributed by atoms with Gasteiger partial charge in [-0.2, -0.15) is 0 Å². The molecular weight excluding hydrogens is 404 g/mol. The molecule has 0 aromatic heterocycles. The number of aliphatic hydroxyl groups excluding tert-OH is 3. The number of aliphatic hydroxyl groups is 6. The molecule has 178 valence electrons. The Bertz CT molecular complexity index is 761. The third-order valence-electron chi connectivity index (χ3n) is 9.81. The molecule has 0 aromatic carbocycles. The molecule has 0 radical (unpaired) electrons. The second kappa shape index (κ2) is 6.64. The van der Waals surface area contributed by atoms with Crippen LogP contribution < -0.4 is 0 Å². The molecule has 8 nitrogen and oxygen atoms in total. The summed E-state index contributed by atoms with van der Waals surface area (Å²) < 4.78 is 5.76. The van der Waals surface area contributed by atoms with E-state index in [1.807, 2.05) is 0 Å². The zero-order valence-electron chi connectivity index (χ0n) is 19.1. The zero-order valence-corrected chi connectivity index (χ0v) is 19.1. The predicted molar refractivity (Wildman–Crippen MR) is 110 cm³/mol. The Morgan fingerprint density at radius 1 is 1.00 bits per heavy atom. The maximum Gasteiger partial charge on any atom is 0.334 e. The molecule has 2 bridgehead atoms. The van der Waals surface area contributed by atoms with Gasteiger partial charge < -0.3 is 35.4 Å². The number of ether oxygens (including phenoxy) is 1. The van der Waals surface area contributed by atoms with E-state index in [0.29, 0.717) is 12.8 Å². The molecule has 4 fully saturated rings. The van der Waals surface area contributed by atoms with Crippen molar-refractivity contribution in [2.45, 2.75) is 108 Å². The first kappa shape index (κ1) is 23.4. The lowest BCUT2D eigenvalue weighted by molar-refractivity contribution is -0.203. The maximum atomic E-state index is 12.4.